The van der Waals surface area contributed by atoms with E-state index in [1.54, 1.807) is 18.3 Å². The first-order chi connectivity index (χ1) is 11.6. The molecular weight excluding hydrogens is 304 g/mol. The van der Waals surface area contributed by atoms with Gasteiger partial charge in [-0.05, 0) is 32.8 Å². The largest absolute Gasteiger partial charge is 0.472 e. The number of nitrogens with zero attached hydrogens (tertiary/aromatic N) is 2. The normalized spacial score (nSPS) is 21.9. The summed E-state index contributed by atoms with van der Waals surface area (Å²) in [6.07, 6.45) is 8.52. The van der Waals surface area contributed by atoms with Crippen molar-refractivity contribution in [3.05, 3.63) is 23.9 Å². The second kappa shape index (κ2) is 7.97. The van der Waals surface area contributed by atoms with Gasteiger partial charge in [-0.2, -0.15) is 0 Å². The number of pyridine rings is 1. The Hall–Kier alpha value is -1.62. The molecule has 5 nitrogen and oxygen atoms in total. The third-order valence-electron chi connectivity index (χ3n) is 4.92. The van der Waals surface area contributed by atoms with Crippen molar-refractivity contribution < 1.29 is 14.3 Å². The van der Waals surface area contributed by atoms with E-state index in [2.05, 4.69) is 23.7 Å². The van der Waals surface area contributed by atoms with Gasteiger partial charge in [-0.15, -0.1) is 0 Å². The first-order valence-electron chi connectivity index (χ1n) is 9.18. The highest BCUT2D eigenvalue weighted by Gasteiger charge is 2.28. The molecule has 132 valence electrons. The number of amides is 1. The molecule has 1 saturated carbocycles. The molecule has 1 aromatic rings. The number of aromatic nitrogens is 1. The summed E-state index contributed by atoms with van der Waals surface area (Å²) in [4.78, 5) is 19.4. The van der Waals surface area contributed by atoms with E-state index < -0.39 is 0 Å². The molecule has 24 heavy (non-hydrogen) atoms. The Morgan fingerprint density at radius 1 is 1.29 bits per heavy atom. The molecule has 1 aliphatic heterocycles. The number of hydrogen-bond donors (Lipinski definition) is 0. The molecule has 1 aliphatic carbocycles. The Balaban J connectivity index is 1.74. The molecule has 2 aliphatic rings. The molecule has 0 radical (unpaired) electrons. The van der Waals surface area contributed by atoms with E-state index in [-0.39, 0.29) is 18.1 Å². The fourth-order valence-electron chi connectivity index (χ4n) is 3.71. The summed E-state index contributed by atoms with van der Waals surface area (Å²) in [5, 5.41) is 0. The van der Waals surface area contributed by atoms with Gasteiger partial charge in [0.25, 0.3) is 5.91 Å². The van der Waals surface area contributed by atoms with Gasteiger partial charge >= 0.3 is 0 Å². The van der Waals surface area contributed by atoms with Crippen molar-refractivity contribution in [2.75, 3.05) is 13.2 Å². The van der Waals surface area contributed by atoms with Crippen molar-refractivity contribution in [1.82, 2.24) is 9.88 Å². The van der Waals surface area contributed by atoms with Crippen LogP contribution in [0.3, 0.4) is 0 Å². The van der Waals surface area contributed by atoms with Gasteiger partial charge in [0.15, 0.2) is 0 Å². The molecular formula is C19H28N2O3. The Morgan fingerprint density at radius 2 is 2.08 bits per heavy atom. The number of rotatable bonds is 5. The maximum atomic E-state index is 13.1. The Bertz CT molecular complexity index is 549. The van der Waals surface area contributed by atoms with Gasteiger partial charge in [0.1, 0.15) is 6.10 Å². The van der Waals surface area contributed by atoms with Crippen molar-refractivity contribution >= 4 is 5.91 Å². The second-order valence-corrected chi connectivity index (χ2v) is 7.08. The Labute approximate surface area is 144 Å². The third kappa shape index (κ3) is 4.07. The van der Waals surface area contributed by atoms with Crippen LogP contribution in [0.15, 0.2) is 18.3 Å². The van der Waals surface area contributed by atoms with E-state index in [1.165, 1.54) is 19.3 Å². The molecule has 1 saturated heterocycles. The van der Waals surface area contributed by atoms with Gasteiger partial charge in [0.2, 0.25) is 5.88 Å². The van der Waals surface area contributed by atoms with Crippen LogP contribution in [0.2, 0.25) is 0 Å². The zero-order valence-electron chi connectivity index (χ0n) is 14.7. The van der Waals surface area contributed by atoms with Gasteiger partial charge in [-0.1, -0.05) is 19.3 Å². The highest BCUT2D eigenvalue weighted by molar-refractivity contribution is 5.94. The van der Waals surface area contributed by atoms with Crippen LogP contribution >= 0.6 is 0 Å². The van der Waals surface area contributed by atoms with Crippen molar-refractivity contribution in [2.24, 2.45) is 0 Å². The smallest absolute Gasteiger partial charge is 0.254 e. The highest BCUT2D eigenvalue weighted by Crippen LogP contribution is 2.26. The van der Waals surface area contributed by atoms with Crippen molar-refractivity contribution in [1.29, 1.82) is 0 Å². The van der Waals surface area contributed by atoms with Crippen LogP contribution in [0, 0.1) is 0 Å². The molecule has 2 fully saturated rings. The summed E-state index contributed by atoms with van der Waals surface area (Å²) in [5.74, 6) is 0.607. The Morgan fingerprint density at radius 3 is 2.75 bits per heavy atom. The lowest BCUT2D eigenvalue weighted by atomic mass is 9.93. The molecule has 0 spiro atoms. The van der Waals surface area contributed by atoms with E-state index in [9.17, 15) is 4.79 Å². The maximum Gasteiger partial charge on any atom is 0.254 e. The zero-order chi connectivity index (χ0) is 16.9. The fraction of sp³-hybridized carbons (Fsp3) is 0.684. The van der Waals surface area contributed by atoms with Crippen LogP contribution in [0.4, 0.5) is 0 Å². The predicted octanol–water partition coefficient (Wildman–Crippen LogP) is 3.43. The number of ether oxygens (including phenoxy) is 2. The molecule has 0 bridgehead atoms. The average Bonchev–Trinajstić information content (AvgIpc) is 3.09. The minimum absolute atomic E-state index is 0.0439. The van der Waals surface area contributed by atoms with Gasteiger partial charge < -0.3 is 14.4 Å². The van der Waals surface area contributed by atoms with Crippen LogP contribution < -0.4 is 4.74 Å². The minimum atomic E-state index is 0.0439. The standard InChI is InChI=1S/C19H28N2O3/c1-14(2)21(16-6-4-3-5-7-16)19(22)15-8-10-20-18(12-15)24-17-9-11-23-13-17/h8,10,12,14,16-17H,3-7,9,11,13H2,1-2H3/t17-/m1/s1. The lowest BCUT2D eigenvalue weighted by molar-refractivity contribution is 0.0554. The van der Waals surface area contributed by atoms with E-state index in [4.69, 9.17) is 9.47 Å². The lowest BCUT2D eigenvalue weighted by Gasteiger charge is -2.37. The first kappa shape index (κ1) is 17.2. The zero-order valence-corrected chi connectivity index (χ0v) is 14.7. The van der Waals surface area contributed by atoms with Gasteiger partial charge in [0, 0.05) is 36.3 Å². The number of hydrogen-bond acceptors (Lipinski definition) is 4. The van der Waals surface area contributed by atoms with Crippen molar-refractivity contribution in [3.8, 4) is 5.88 Å². The van der Waals surface area contributed by atoms with Crippen LogP contribution in [-0.4, -0.2) is 47.2 Å². The van der Waals surface area contributed by atoms with Crippen LogP contribution in [0.5, 0.6) is 5.88 Å². The third-order valence-corrected chi connectivity index (χ3v) is 4.92. The molecule has 1 atom stereocenters. The summed E-state index contributed by atoms with van der Waals surface area (Å²) in [6, 6.07) is 4.12. The molecule has 0 aromatic carbocycles. The predicted molar refractivity (Wildman–Crippen MR) is 92.3 cm³/mol. The maximum absolute atomic E-state index is 13.1. The summed E-state index contributed by atoms with van der Waals surface area (Å²) in [6.45, 7) is 5.52. The molecule has 1 amide bonds. The molecule has 1 aromatic heterocycles. The molecule has 0 N–H and O–H groups in total. The Kier molecular flexibility index (Phi) is 5.72. The first-order valence-corrected chi connectivity index (χ1v) is 9.18. The van der Waals surface area contributed by atoms with Crippen LogP contribution in [0.25, 0.3) is 0 Å². The second-order valence-electron chi connectivity index (χ2n) is 7.08. The minimum Gasteiger partial charge on any atom is -0.472 e. The van der Waals surface area contributed by atoms with Gasteiger partial charge in [0.05, 0.1) is 13.2 Å². The lowest BCUT2D eigenvalue weighted by Crippen LogP contribution is -2.45. The van der Waals surface area contributed by atoms with Crippen molar-refractivity contribution in [2.45, 2.75) is 70.6 Å². The topological polar surface area (TPSA) is 51.7 Å². The number of carbonyl (C=O) groups is 1. The summed E-state index contributed by atoms with van der Waals surface area (Å²) in [7, 11) is 0. The van der Waals surface area contributed by atoms with Gasteiger partial charge in [-0.3, -0.25) is 4.79 Å². The monoisotopic (exact) mass is 332 g/mol. The highest BCUT2D eigenvalue weighted by atomic mass is 16.5. The van der Waals surface area contributed by atoms with Gasteiger partial charge in [-0.25, -0.2) is 4.98 Å². The average molecular weight is 332 g/mol. The molecule has 2 heterocycles. The number of carbonyl (C=O) groups excluding carboxylic acids is 1. The van der Waals surface area contributed by atoms with E-state index in [1.807, 2.05) is 0 Å². The SMILES string of the molecule is CC(C)N(C(=O)c1ccnc(O[C@@H]2CCOC2)c1)C1CCCCC1. The van der Waals surface area contributed by atoms with Crippen LogP contribution in [-0.2, 0) is 4.74 Å². The van der Waals surface area contributed by atoms with E-state index in [0.717, 1.165) is 25.9 Å². The summed E-state index contributed by atoms with van der Waals surface area (Å²) in [5.41, 5.74) is 0.665. The molecule has 3 rings (SSSR count). The van der Waals surface area contributed by atoms with Crippen LogP contribution in [0.1, 0.15) is 62.7 Å². The summed E-state index contributed by atoms with van der Waals surface area (Å²) < 4.78 is 11.2. The van der Waals surface area contributed by atoms with E-state index in [0.29, 0.717) is 24.1 Å². The quantitative estimate of drug-likeness (QED) is 0.829. The molecule has 5 heteroatoms. The van der Waals surface area contributed by atoms with Crippen molar-refractivity contribution in [3.63, 3.8) is 0 Å². The molecule has 0 unspecified atom stereocenters. The van der Waals surface area contributed by atoms with E-state index >= 15 is 0 Å². The fourth-order valence-corrected chi connectivity index (χ4v) is 3.71. The summed E-state index contributed by atoms with van der Waals surface area (Å²) >= 11 is 0.